The molecule has 2 aromatic rings. The van der Waals surface area contributed by atoms with Gasteiger partial charge in [0.2, 0.25) is 11.8 Å². The van der Waals surface area contributed by atoms with Gasteiger partial charge >= 0.3 is 0 Å². The van der Waals surface area contributed by atoms with Gasteiger partial charge in [0.15, 0.2) is 0 Å². The fourth-order valence-electron chi connectivity index (χ4n) is 3.64. The third kappa shape index (κ3) is 6.93. The van der Waals surface area contributed by atoms with E-state index in [1.54, 1.807) is 18.3 Å². The summed E-state index contributed by atoms with van der Waals surface area (Å²) in [5, 5.41) is 15.5. The summed E-state index contributed by atoms with van der Waals surface area (Å²) in [6.07, 6.45) is 3.39. The number of nitrogens with zero attached hydrogens (tertiary/aromatic N) is 1. The molecule has 0 unspecified atom stereocenters. The minimum atomic E-state index is -0.520. The molecule has 3 atom stereocenters. The third-order valence-corrected chi connectivity index (χ3v) is 5.20. The van der Waals surface area contributed by atoms with Crippen molar-refractivity contribution < 1.29 is 19.4 Å². The molecule has 7 heteroatoms. The molecule has 160 valence electrons. The average Bonchev–Trinajstić information content (AvgIpc) is 2.76. The van der Waals surface area contributed by atoms with Crippen molar-refractivity contribution in [2.75, 3.05) is 13.2 Å². The molecule has 1 aromatic carbocycles. The lowest BCUT2D eigenvalue weighted by atomic mass is 9.96. The number of ether oxygens (including phenoxy) is 1. The maximum absolute atomic E-state index is 12.3. The number of benzene rings is 1. The summed E-state index contributed by atoms with van der Waals surface area (Å²) >= 11 is 0. The molecule has 1 saturated heterocycles. The highest BCUT2D eigenvalue weighted by Gasteiger charge is 2.32. The number of carbonyl (C=O) groups excluding carboxylic acids is 2. The molecule has 7 nitrogen and oxygen atoms in total. The molecule has 2 heterocycles. The predicted octanol–water partition coefficient (Wildman–Crippen LogP) is 1.40. The number of aliphatic hydroxyl groups is 1. The maximum atomic E-state index is 12.3. The molecule has 0 saturated carbocycles. The quantitative estimate of drug-likeness (QED) is 0.579. The standard InChI is InChI=1S/C23H29N3O4/c27-16-21-20(26-23(29)14-18-8-4-5-12-24-18)10-9-19(30-21)15-22(28)25-13-11-17-6-2-1-3-7-17/h1-8,12,19-21,27H,9-11,13-16H2,(H,25,28)(H,26,29)/t19-,20+,21-/m1/s1. The van der Waals surface area contributed by atoms with Crippen LogP contribution in [0.3, 0.4) is 0 Å². The Morgan fingerprint density at radius 3 is 2.60 bits per heavy atom. The monoisotopic (exact) mass is 411 g/mol. The number of amides is 2. The van der Waals surface area contributed by atoms with Crippen LogP contribution in [0.2, 0.25) is 0 Å². The summed E-state index contributed by atoms with van der Waals surface area (Å²) in [4.78, 5) is 28.7. The molecule has 0 bridgehead atoms. The molecule has 3 N–H and O–H groups in total. The van der Waals surface area contributed by atoms with Gasteiger partial charge in [-0.3, -0.25) is 14.6 Å². The number of rotatable bonds is 9. The molecule has 1 fully saturated rings. The number of pyridine rings is 1. The lowest BCUT2D eigenvalue weighted by Gasteiger charge is -2.36. The van der Waals surface area contributed by atoms with E-state index in [2.05, 4.69) is 15.6 Å². The number of hydrogen-bond donors (Lipinski definition) is 3. The van der Waals surface area contributed by atoms with Crippen LogP contribution in [0, 0.1) is 0 Å². The number of aromatic nitrogens is 1. The van der Waals surface area contributed by atoms with Gasteiger partial charge in [0.05, 0.1) is 31.6 Å². The second-order valence-corrected chi connectivity index (χ2v) is 7.52. The fraction of sp³-hybridized carbons (Fsp3) is 0.435. The van der Waals surface area contributed by atoms with Crippen LogP contribution in [-0.4, -0.2) is 53.3 Å². The first kappa shape index (κ1) is 21.9. The Morgan fingerprint density at radius 2 is 1.87 bits per heavy atom. The molecular formula is C23H29N3O4. The van der Waals surface area contributed by atoms with Crippen molar-refractivity contribution in [1.82, 2.24) is 15.6 Å². The van der Waals surface area contributed by atoms with Crippen LogP contribution in [0.1, 0.15) is 30.5 Å². The van der Waals surface area contributed by atoms with Gasteiger partial charge in [0.1, 0.15) is 6.10 Å². The summed E-state index contributed by atoms with van der Waals surface area (Å²) in [6.45, 7) is 0.367. The minimum absolute atomic E-state index is 0.0646. The lowest BCUT2D eigenvalue weighted by Crippen LogP contribution is -2.51. The van der Waals surface area contributed by atoms with Gasteiger partial charge in [-0.2, -0.15) is 0 Å². The van der Waals surface area contributed by atoms with E-state index in [0.29, 0.717) is 25.1 Å². The molecule has 1 aliphatic rings. The van der Waals surface area contributed by atoms with Crippen LogP contribution >= 0.6 is 0 Å². The smallest absolute Gasteiger partial charge is 0.226 e. The van der Waals surface area contributed by atoms with Crippen LogP contribution in [-0.2, 0) is 27.2 Å². The van der Waals surface area contributed by atoms with E-state index in [1.165, 1.54) is 5.56 Å². The van der Waals surface area contributed by atoms with Gasteiger partial charge in [-0.05, 0) is 37.0 Å². The summed E-state index contributed by atoms with van der Waals surface area (Å²) in [6, 6.07) is 15.2. The summed E-state index contributed by atoms with van der Waals surface area (Å²) in [5.41, 5.74) is 1.87. The van der Waals surface area contributed by atoms with Gasteiger partial charge in [0, 0.05) is 18.4 Å². The Hall–Kier alpha value is -2.77. The second kappa shape index (κ2) is 11.4. The molecule has 30 heavy (non-hydrogen) atoms. The zero-order valence-corrected chi connectivity index (χ0v) is 17.0. The number of hydrogen-bond acceptors (Lipinski definition) is 5. The van der Waals surface area contributed by atoms with Crippen molar-refractivity contribution in [2.24, 2.45) is 0 Å². The second-order valence-electron chi connectivity index (χ2n) is 7.52. The van der Waals surface area contributed by atoms with Crippen molar-refractivity contribution in [3.8, 4) is 0 Å². The van der Waals surface area contributed by atoms with E-state index in [4.69, 9.17) is 4.74 Å². The Balaban J connectivity index is 1.40. The SMILES string of the molecule is O=C(C[C@H]1CC[C@H](NC(=O)Cc2ccccn2)[C@@H](CO)O1)NCCc1ccccc1. The van der Waals surface area contributed by atoms with Crippen LogP contribution in [0.25, 0.3) is 0 Å². The van der Waals surface area contributed by atoms with Crippen LogP contribution in [0.4, 0.5) is 0 Å². The van der Waals surface area contributed by atoms with Gasteiger partial charge in [0.25, 0.3) is 0 Å². The van der Waals surface area contributed by atoms with Crippen molar-refractivity contribution in [3.63, 3.8) is 0 Å². The van der Waals surface area contributed by atoms with E-state index in [9.17, 15) is 14.7 Å². The highest BCUT2D eigenvalue weighted by molar-refractivity contribution is 5.78. The maximum Gasteiger partial charge on any atom is 0.226 e. The van der Waals surface area contributed by atoms with Crippen LogP contribution in [0.15, 0.2) is 54.7 Å². The Labute approximate surface area is 176 Å². The first-order valence-electron chi connectivity index (χ1n) is 10.4. The first-order chi connectivity index (χ1) is 14.6. The zero-order valence-electron chi connectivity index (χ0n) is 17.0. The van der Waals surface area contributed by atoms with Gasteiger partial charge in [-0.1, -0.05) is 36.4 Å². The average molecular weight is 412 g/mol. The Bertz CT molecular complexity index is 801. The van der Waals surface area contributed by atoms with E-state index in [1.807, 2.05) is 36.4 Å². The minimum Gasteiger partial charge on any atom is -0.394 e. The topological polar surface area (TPSA) is 101 Å². The van der Waals surface area contributed by atoms with Crippen molar-refractivity contribution in [3.05, 3.63) is 66.0 Å². The van der Waals surface area contributed by atoms with Crippen molar-refractivity contribution >= 4 is 11.8 Å². The largest absolute Gasteiger partial charge is 0.394 e. The molecule has 0 spiro atoms. The van der Waals surface area contributed by atoms with Gasteiger partial charge in [-0.25, -0.2) is 0 Å². The molecule has 3 rings (SSSR count). The highest BCUT2D eigenvalue weighted by Crippen LogP contribution is 2.22. The molecule has 0 radical (unpaired) electrons. The predicted molar refractivity (Wildman–Crippen MR) is 113 cm³/mol. The van der Waals surface area contributed by atoms with E-state index in [0.717, 1.165) is 6.42 Å². The first-order valence-corrected chi connectivity index (χ1v) is 10.4. The Morgan fingerprint density at radius 1 is 1.07 bits per heavy atom. The van der Waals surface area contributed by atoms with Crippen LogP contribution < -0.4 is 10.6 Å². The molecule has 1 aliphatic heterocycles. The summed E-state index contributed by atoms with van der Waals surface area (Å²) < 4.78 is 5.89. The number of nitrogens with one attached hydrogen (secondary N) is 2. The molecule has 0 aliphatic carbocycles. The zero-order chi connectivity index (χ0) is 21.2. The summed E-state index contributed by atoms with van der Waals surface area (Å²) in [7, 11) is 0. The Kier molecular flexibility index (Phi) is 8.35. The van der Waals surface area contributed by atoms with Gasteiger partial charge in [-0.15, -0.1) is 0 Å². The molecule has 2 amide bonds. The van der Waals surface area contributed by atoms with Crippen molar-refractivity contribution in [2.45, 2.75) is 50.4 Å². The fourth-order valence-corrected chi connectivity index (χ4v) is 3.64. The highest BCUT2D eigenvalue weighted by atomic mass is 16.5. The van der Waals surface area contributed by atoms with E-state index in [-0.39, 0.29) is 43.4 Å². The van der Waals surface area contributed by atoms with Gasteiger partial charge < -0.3 is 20.5 Å². The third-order valence-electron chi connectivity index (χ3n) is 5.20. The number of aliphatic hydroxyl groups excluding tert-OH is 1. The lowest BCUT2D eigenvalue weighted by molar-refractivity contribution is -0.135. The normalized spacial score (nSPS) is 21.0. The van der Waals surface area contributed by atoms with Crippen molar-refractivity contribution in [1.29, 1.82) is 0 Å². The molecular weight excluding hydrogens is 382 g/mol. The van der Waals surface area contributed by atoms with E-state index < -0.39 is 6.10 Å². The number of carbonyl (C=O) groups is 2. The van der Waals surface area contributed by atoms with Crippen LogP contribution in [0.5, 0.6) is 0 Å². The van der Waals surface area contributed by atoms with E-state index >= 15 is 0 Å². The summed E-state index contributed by atoms with van der Waals surface area (Å²) in [5.74, 6) is -0.219. The molecule has 1 aromatic heterocycles.